The van der Waals surface area contributed by atoms with Crippen LogP contribution in [0.1, 0.15) is 16.1 Å². The highest BCUT2D eigenvalue weighted by Crippen LogP contribution is 2.15. The molecule has 0 saturated carbocycles. The Morgan fingerprint density at radius 3 is 2.59 bits per heavy atom. The molecule has 9 nitrogen and oxygen atoms in total. The van der Waals surface area contributed by atoms with Gasteiger partial charge in [-0.15, -0.1) is 0 Å². The van der Waals surface area contributed by atoms with Gasteiger partial charge in [0.05, 0.1) is 18.9 Å². The fourth-order valence-electron chi connectivity index (χ4n) is 3.83. The number of nitrogens with one attached hydrogen (secondary N) is 2. The number of anilines is 2. The van der Waals surface area contributed by atoms with Crippen molar-refractivity contribution in [2.45, 2.75) is 0 Å². The Bertz CT molecular complexity index is 983. The summed E-state index contributed by atoms with van der Waals surface area (Å²) >= 11 is 0. The second-order valence-corrected chi connectivity index (χ2v) is 8.15. The van der Waals surface area contributed by atoms with Gasteiger partial charge in [-0.3, -0.25) is 15.0 Å². The molecule has 2 aromatic rings. The molecule has 2 aliphatic rings. The average molecular weight is 466 g/mol. The Morgan fingerprint density at radius 1 is 1.06 bits per heavy atom. The van der Waals surface area contributed by atoms with E-state index >= 15 is 0 Å². The van der Waals surface area contributed by atoms with Crippen molar-refractivity contribution in [3.05, 3.63) is 59.8 Å². The smallest absolute Gasteiger partial charge is 0.411 e. The molecular weight excluding hydrogens is 434 g/mol. The fraction of sp³-hybridized carbons (Fsp3) is 0.400. The number of ether oxygens (including phenoxy) is 2. The lowest BCUT2D eigenvalue weighted by Crippen LogP contribution is -2.44. The van der Waals surface area contributed by atoms with Crippen molar-refractivity contribution in [3.63, 3.8) is 0 Å². The van der Waals surface area contributed by atoms with E-state index in [1.807, 2.05) is 18.2 Å². The predicted molar refractivity (Wildman–Crippen MR) is 131 cm³/mol. The first-order chi connectivity index (χ1) is 16.7. The lowest BCUT2D eigenvalue weighted by molar-refractivity contribution is 0.104. The van der Waals surface area contributed by atoms with Gasteiger partial charge in [0.1, 0.15) is 12.4 Å². The quantitative estimate of drug-likeness (QED) is 0.453. The van der Waals surface area contributed by atoms with E-state index in [0.29, 0.717) is 31.1 Å². The Morgan fingerprint density at radius 2 is 1.82 bits per heavy atom. The molecule has 3 heterocycles. The van der Waals surface area contributed by atoms with Gasteiger partial charge < -0.3 is 19.7 Å². The SMILES string of the molecule is O=C(Nc1ccc(C(=O)C=Cc2cccc(N3CCOCC3)n2)cc1)OCCN1CCNCC1. The normalized spacial score (nSPS) is 17.0. The molecule has 4 rings (SSSR count). The van der Waals surface area contributed by atoms with Crippen molar-refractivity contribution >= 4 is 29.5 Å². The lowest BCUT2D eigenvalue weighted by Gasteiger charge is -2.27. The number of morpholine rings is 1. The summed E-state index contributed by atoms with van der Waals surface area (Å²) < 4.78 is 10.6. The van der Waals surface area contributed by atoms with Gasteiger partial charge in [-0.05, 0) is 48.6 Å². The number of hydrogen-bond acceptors (Lipinski definition) is 8. The minimum atomic E-state index is -0.500. The fourth-order valence-corrected chi connectivity index (χ4v) is 3.83. The summed E-state index contributed by atoms with van der Waals surface area (Å²) in [6, 6.07) is 12.5. The number of allylic oxidation sites excluding steroid dienone is 1. The van der Waals surface area contributed by atoms with Crippen LogP contribution in [-0.4, -0.2) is 87.4 Å². The molecule has 2 aliphatic heterocycles. The third-order valence-electron chi connectivity index (χ3n) is 5.76. The molecule has 1 aromatic heterocycles. The number of hydrogen-bond donors (Lipinski definition) is 2. The van der Waals surface area contributed by atoms with Gasteiger partial charge >= 0.3 is 6.09 Å². The van der Waals surface area contributed by atoms with Gasteiger partial charge in [0.15, 0.2) is 5.78 Å². The molecule has 34 heavy (non-hydrogen) atoms. The highest BCUT2D eigenvalue weighted by atomic mass is 16.5. The maximum Gasteiger partial charge on any atom is 0.411 e. The first-order valence-electron chi connectivity index (χ1n) is 11.7. The molecule has 2 fully saturated rings. The number of rotatable bonds is 8. The number of carbonyl (C=O) groups is 2. The molecule has 0 spiro atoms. The van der Waals surface area contributed by atoms with Gasteiger partial charge in [0.2, 0.25) is 0 Å². The van der Waals surface area contributed by atoms with Crippen LogP contribution in [0.3, 0.4) is 0 Å². The second-order valence-electron chi connectivity index (χ2n) is 8.15. The van der Waals surface area contributed by atoms with E-state index in [4.69, 9.17) is 9.47 Å². The molecule has 0 radical (unpaired) electrons. The number of ketones is 1. The number of amides is 1. The summed E-state index contributed by atoms with van der Waals surface area (Å²) in [4.78, 5) is 33.6. The molecule has 0 aliphatic carbocycles. The molecule has 2 saturated heterocycles. The van der Waals surface area contributed by atoms with E-state index in [-0.39, 0.29) is 5.78 Å². The average Bonchev–Trinajstić information content (AvgIpc) is 2.89. The standard InChI is InChI=1S/C25H31N5O4/c31-23(9-8-21-2-1-3-24(27-21)30-15-17-33-18-16-30)20-4-6-22(7-5-20)28-25(32)34-19-14-29-12-10-26-11-13-29/h1-9,26H,10-19H2,(H,28,32). The summed E-state index contributed by atoms with van der Waals surface area (Å²) in [6.07, 6.45) is 2.73. The van der Waals surface area contributed by atoms with Crippen LogP contribution < -0.4 is 15.5 Å². The van der Waals surface area contributed by atoms with Crippen molar-refractivity contribution in [2.75, 3.05) is 75.9 Å². The summed E-state index contributed by atoms with van der Waals surface area (Å²) in [7, 11) is 0. The van der Waals surface area contributed by atoms with Gasteiger partial charge in [-0.25, -0.2) is 9.78 Å². The summed E-state index contributed by atoms with van der Waals surface area (Å²) in [5.74, 6) is 0.747. The molecule has 9 heteroatoms. The zero-order valence-corrected chi connectivity index (χ0v) is 19.2. The first kappa shape index (κ1) is 23.9. The highest BCUT2D eigenvalue weighted by molar-refractivity contribution is 6.07. The summed E-state index contributed by atoms with van der Waals surface area (Å²) in [5, 5.41) is 5.99. The lowest BCUT2D eigenvalue weighted by atomic mass is 10.1. The van der Waals surface area contributed by atoms with Crippen LogP contribution in [0.5, 0.6) is 0 Å². The van der Waals surface area contributed by atoms with Crippen LogP contribution in [-0.2, 0) is 9.47 Å². The van der Waals surface area contributed by atoms with Gasteiger partial charge in [-0.1, -0.05) is 6.07 Å². The van der Waals surface area contributed by atoms with Crippen LogP contribution in [0.15, 0.2) is 48.5 Å². The van der Waals surface area contributed by atoms with Crippen molar-refractivity contribution in [1.29, 1.82) is 0 Å². The van der Waals surface area contributed by atoms with Crippen LogP contribution >= 0.6 is 0 Å². The summed E-state index contributed by atoms with van der Waals surface area (Å²) in [5.41, 5.74) is 1.82. The maximum atomic E-state index is 12.6. The Balaban J connectivity index is 1.25. The van der Waals surface area contributed by atoms with E-state index < -0.39 is 6.09 Å². The van der Waals surface area contributed by atoms with Gasteiger partial charge in [0, 0.05) is 57.1 Å². The topological polar surface area (TPSA) is 96.0 Å². The Labute approximate surface area is 199 Å². The number of aromatic nitrogens is 1. The van der Waals surface area contributed by atoms with Gasteiger partial charge in [-0.2, -0.15) is 0 Å². The second kappa shape index (κ2) is 12.3. The molecule has 0 bridgehead atoms. The zero-order valence-electron chi connectivity index (χ0n) is 19.2. The van der Waals surface area contributed by atoms with Crippen LogP contribution in [0.4, 0.5) is 16.3 Å². The van der Waals surface area contributed by atoms with E-state index in [1.54, 1.807) is 30.3 Å². The Kier molecular flexibility index (Phi) is 8.61. The molecule has 2 N–H and O–H groups in total. The minimum Gasteiger partial charge on any atom is -0.448 e. The predicted octanol–water partition coefficient (Wildman–Crippen LogP) is 2.27. The molecule has 1 amide bonds. The summed E-state index contributed by atoms with van der Waals surface area (Å²) in [6.45, 7) is 7.92. The zero-order chi connectivity index (χ0) is 23.6. The van der Waals surface area contributed by atoms with Crippen molar-refractivity contribution in [3.8, 4) is 0 Å². The van der Waals surface area contributed by atoms with Crippen molar-refractivity contribution in [1.82, 2.24) is 15.2 Å². The number of benzene rings is 1. The number of carbonyl (C=O) groups excluding carboxylic acids is 2. The monoisotopic (exact) mass is 465 g/mol. The number of nitrogens with zero attached hydrogens (tertiary/aromatic N) is 3. The van der Waals surface area contributed by atoms with E-state index in [9.17, 15) is 9.59 Å². The molecule has 0 unspecified atom stereocenters. The molecule has 0 atom stereocenters. The van der Waals surface area contributed by atoms with Crippen LogP contribution in [0, 0.1) is 0 Å². The Hall–Kier alpha value is -3.27. The minimum absolute atomic E-state index is 0.135. The van der Waals surface area contributed by atoms with Crippen LogP contribution in [0.2, 0.25) is 0 Å². The number of piperazine rings is 1. The van der Waals surface area contributed by atoms with E-state index in [2.05, 4.69) is 25.4 Å². The number of pyridine rings is 1. The van der Waals surface area contributed by atoms with Crippen molar-refractivity contribution in [2.24, 2.45) is 0 Å². The van der Waals surface area contributed by atoms with E-state index in [1.165, 1.54) is 6.08 Å². The van der Waals surface area contributed by atoms with Crippen LogP contribution in [0.25, 0.3) is 6.08 Å². The highest BCUT2D eigenvalue weighted by Gasteiger charge is 2.13. The first-order valence-corrected chi connectivity index (χ1v) is 11.7. The van der Waals surface area contributed by atoms with Crippen molar-refractivity contribution < 1.29 is 19.1 Å². The molecule has 180 valence electrons. The van der Waals surface area contributed by atoms with E-state index in [0.717, 1.165) is 57.3 Å². The van der Waals surface area contributed by atoms with Gasteiger partial charge in [0.25, 0.3) is 0 Å². The third-order valence-corrected chi connectivity index (χ3v) is 5.76. The largest absolute Gasteiger partial charge is 0.448 e. The maximum absolute atomic E-state index is 12.6. The third kappa shape index (κ3) is 7.11. The molecular formula is C25H31N5O4. The molecule has 1 aromatic carbocycles.